The highest BCUT2D eigenvalue weighted by Crippen LogP contribution is 2.36. The number of nitrogens with one attached hydrogen (secondary N) is 2. The molecule has 2 aliphatic heterocycles. The lowest BCUT2D eigenvalue weighted by Crippen LogP contribution is -2.31. The largest absolute Gasteiger partial charge is 0.324 e. The van der Waals surface area contributed by atoms with Gasteiger partial charge in [0.25, 0.3) is 5.82 Å². The normalized spacial score (nSPS) is 12.0. The molecule has 5 heterocycles. The molecule has 9 rings (SSSR count). The Labute approximate surface area is 233 Å². The minimum absolute atomic E-state index is 0.609. The summed E-state index contributed by atoms with van der Waals surface area (Å²) in [7, 11) is 2.03. The molecule has 0 radical (unpaired) electrons. The molecule has 0 aliphatic carbocycles. The van der Waals surface area contributed by atoms with Crippen LogP contribution in [0.1, 0.15) is 0 Å². The third-order valence-electron chi connectivity index (χ3n) is 7.90. The maximum absolute atomic E-state index is 5.08. The summed E-state index contributed by atoms with van der Waals surface area (Å²) in [5.41, 5.74) is 6.91. The monoisotopic (exact) mass is 529 g/mol. The fraction of sp³-hybridized carbons (Fsp3) is 0.0303. The Hall–Kier alpha value is -5.76. The average molecular weight is 530 g/mol. The number of aromatic nitrogens is 8. The minimum atomic E-state index is 0.609. The Morgan fingerprint density at radius 1 is 0.439 bits per heavy atom. The van der Waals surface area contributed by atoms with Crippen molar-refractivity contribution < 1.29 is 4.57 Å². The van der Waals surface area contributed by atoms with E-state index in [1.807, 2.05) is 67.7 Å². The Kier molecular flexibility index (Phi) is 4.38. The summed E-state index contributed by atoms with van der Waals surface area (Å²) in [5, 5.41) is 3.99. The van der Waals surface area contributed by atoms with Gasteiger partial charge >= 0.3 is 0 Å². The third-order valence-corrected chi connectivity index (χ3v) is 7.90. The van der Waals surface area contributed by atoms with E-state index < -0.39 is 0 Å². The molecule has 8 bridgehead atoms. The van der Waals surface area contributed by atoms with Crippen LogP contribution < -0.4 is 4.57 Å². The zero-order valence-electron chi connectivity index (χ0n) is 21.9. The lowest BCUT2D eigenvalue weighted by atomic mass is 10.1. The number of nitrogens with zero attached hydrogens (tertiary/aromatic N) is 6. The van der Waals surface area contributed by atoms with E-state index in [1.165, 1.54) is 0 Å². The molecule has 41 heavy (non-hydrogen) atoms. The van der Waals surface area contributed by atoms with Crippen molar-refractivity contribution in [3.05, 3.63) is 97.1 Å². The highest BCUT2D eigenvalue weighted by Gasteiger charge is 2.27. The van der Waals surface area contributed by atoms with Crippen LogP contribution in [0.25, 0.3) is 89.7 Å². The fourth-order valence-electron chi connectivity index (χ4n) is 5.94. The summed E-state index contributed by atoms with van der Waals surface area (Å²) in [6.45, 7) is 0. The summed E-state index contributed by atoms with van der Waals surface area (Å²) in [6, 6.07) is 32.7. The molecule has 8 heteroatoms. The lowest BCUT2D eigenvalue weighted by molar-refractivity contribution is -0.637. The molecule has 8 nitrogen and oxygen atoms in total. The number of hydrogen-bond acceptors (Lipinski definition) is 5. The van der Waals surface area contributed by atoms with Gasteiger partial charge in [0.1, 0.15) is 11.3 Å². The van der Waals surface area contributed by atoms with Gasteiger partial charge in [-0.3, -0.25) is 4.98 Å². The first-order valence-corrected chi connectivity index (χ1v) is 13.4. The smallest absolute Gasteiger partial charge is 0.273 e. The number of aryl methyl sites for hydroxylation is 1. The van der Waals surface area contributed by atoms with E-state index in [0.717, 1.165) is 60.9 Å². The molecule has 0 saturated heterocycles. The summed E-state index contributed by atoms with van der Waals surface area (Å²) in [5.74, 6) is 2.68. The minimum Gasteiger partial charge on any atom is -0.324 e. The molecular formula is C33H21N8+. The quantitative estimate of drug-likeness (QED) is 0.225. The summed E-state index contributed by atoms with van der Waals surface area (Å²) in [4.78, 5) is 32.3. The van der Waals surface area contributed by atoms with Crippen LogP contribution in [0, 0.1) is 0 Å². The number of benzene rings is 4. The van der Waals surface area contributed by atoms with Crippen LogP contribution in [-0.2, 0) is 7.05 Å². The van der Waals surface area contributed by atoms with E-state index in [-0.39, 0.29) is 0 Å². The van der Waals surface area contributed by atoms with Gasteiger partial charge in [0.15, 0.2) is 17.3 Å². The van der Waals surface area contributed by atoms with E-state index in [9.17, 15) is 0 Å². The molecule has 0 unspecified atom stereocenters. The van der Waals surface area contributed by atoms with E-state index in [2.05, 4.69) is 50.9 Å². The molecule has 0 atom stereocenters. The number of fused-ring (bicyclic) bond motifs is 20. The number of hydrogen-bond donors (Lipinski definition) is 2. The van der Waals surface area contributed by atoms with Gasteiger partial charge in [-0.2, -0.15) is 9.97 Å². The maximum Gasteiger partial charge on any atom is 0.273 e. The van der Waals surface area contributed by atoms with Crippen LogP contribution >= 0.6 is 0 Å². The van der Waals surface area contributed by atoms with Gasteiger partial charge in [-0.15, -0.1) is 0 Å². The SMILES string of the molecule is C[n+]1c2nc(nc3[nH]c(nc4nc(nc5[nH]c1c1ccccc51)-c1ccccc1-4)c1ccccc31)-c1ccccc1-2. The number of H-pyrrole nitrogens is 2. The summed E-state index contributed by atoms with van der Waals surface area (Å²) >= 11 is 0. The van der Waals surface area contributed by atoms with Crippen molar-refractivity contribution in [1.29, 1.82) is 0 Å². The summed E-state index contributed by atoms with van der Waals surface area (Å²) < 4.78 is 2.09. The van der Waals surface area contributed by atoms with Crippen molar-refractivity contribution in [3.8, 4) is 45.6 Å². The van der Waals surface area contributed by atoms with Gasteiger partial charge in [0.2, 0.25) is 11.5 Å². The van der Waals surface area contributed by atoms with E-state index in [1.54, 1.807) is 0 Å². The van der Waals surface area contributed by atoms with Crippen LogP contribution in [0.3, 0.4) is 0 Å². The van der Waals surface area contributed by atoms with Crippen molar-refractivity contribution in [2.24, 2.45) is 7.05 Å². The molecule has 0 amide bonds. The molecule has 192 valence electrons. The van der Waals surface area contributed by atoms with Gasteiger partial charge in [-0.25, -0.2) is 14.5 Å². The predicted octanol–water partition coefficient (Wildman–Crippen LogP) is 6.30. The van der Waals surface area contributed by atoms with Crippen LogP contribution in [0.2, 0.25) is 0 Å². The first kappa shape index (κ1) is 22.1. The van der Waals surface area contributed by atoms with Crippen LogP contribution in [-0.4, -0.2) is 34.9 Å². The number of aromatic amines is 2. The average Bonchev–Trinajstić information content (AvgIpc) is 3.76. The summed E-state index contributed by atoms with van der Waals surface area (Å²) in [6.07, 6.45) is 0. The Balaban J connectivity index is 1.54. The zero-order valence-corrected chi connectivity index (χ0v) is 21.9. The van der Waals surface area contributed by atoms with Crippen molar-refractivity contribution in [3.63, 3.8) is 0 Å². The van der Waals surface area contributed by atoms with Gasteiger partial charge in [0.05, 0.1) is 23.6 Å². The highest BCUT2D eigenvalue weighted by molar-refractivity contribution is 6.05. The van der Waals surface area contributed by atoms with Crippen LogP contribution in [0.4, 0.5) is 0 Å². The predicted molar refractivity (Wildman–Crippen MR) is 159 cm³/mol. The second kappa shape index (κ2) is 8.12. The van der Waals surface area contributed by atoms with Crippen molar-refractivity contribution in [2.75, 3.05) is 0 Å². The number of rotatable bonds is 0. The maximum atomic E-state index is 5.08. The van der Waals surface area contributed by atoms with Gasteiger partial charge in [0, 0.05) is 27.3 Å². The highest BCUT2D eigenvalue weighted by atomic mass is 15.1. The lowest BCUT2D eigenvalue weighted by Gasteiger charge is -1.98. The molecule has 2 aliphatic rings. The first-order chi connectivity index (χ1) is 20.2. The molecule has 3 aromatic heterocycles. The van der Waals surface area contributed by atoms with E-state index in [0.29, 0.717) is 28.8 Å². The molecule has 0 saturated carbocycles. The Bertz CT molecular complexity index is 2400. The fourth-order valence-corrected chi connectivity index (χ4v) is 5.94. The second-order valence-corrected chi connectivity index (χ2v) is 10.2. The van der Waals surface area contributed by atoms with Crippen molar-refractivity contribution in [2.45, 2.75) is 0 Å². The molecule has 2 N–H and O–H groups in total. The molecule has 4 aromatic carbocycles. The van der Waals surface area contributed by atoms with Crippen LogP contribution in [0.15, 0.2) is 97.1 Å². The van der Waals surface area contributed by atoms with Crippen molar-refractivity contribution in [1.82, 2.24) is 34.9 Å². The topological polar surface area (TPSA) is 99.9 Å². The molecule has 7 aromatic rings. The standard InChI is InChI=1S/C33H20N8/c1-41-32-24-16-8-6-14-22(24)30(39-32)37-28-20-12-4-2-10-18(20)26(35-28)34-27-19-11-3-5-13-21(19)29(36-27)38-31-23-15-7-9-17-25(23)33(41)40-31/h2-17H,1H3,(H,35,36,39,40)/p+1. The van der Waals surface area contributed by atoms with Gasteiger partial charge in [-0.05, 0) is 24.3 Å². The third kappa shape index (κ3) is 3.15. The molecular weight excluding hydrogens is 508 g/mol. The van der Waals surface area contributed by atoms with E-state index in [4.69, 9.17) is 24.9 Å². The zero-order chi connectivity index (χ0) is 27.1. The Morgan fingerprint density at radius 2 is 0.854 bits per heavy atom. The van der Waals surface area contributed by atoms with Gasteiger partial charge in [-0.1, -0.05) is 77.8 Å². The van der Waals surface area contributed by atoms with Gasteiger partial charge < -0.3 is 4.98 Å². The second-order valence-electron chi connectivity index (χ2n) is 10.2. The van der Waals surface area contributed by atoms with E-state index >= 15 is 0 Å². The van der Waals surface area contributed by atoms with Crippen molar-refractivity contribution >= 4 is 44.1 Å². The van der Waals surface area contributed by atoms with Crippen LogP contribution in [0.5, 0.6) is 0 Å². The first-order valence-electron chi connectivity index (χ1n) is 13.4. The Morgan fingerprint density at radius 3 is 1.44 bits per heavy atom. The molecule has 0 spiro atoms. The molecule has 0 fully saturated rings.